The first-order chi connectivity index (χ1) is 23.3. The number of allylic oxidation sites excluding steroid dienone is 2. The highest BCUT2D eigenvalue weighted by molar-refractivity contribution is 5.49. The van der Waals surface area contributed by atoms with Gasteiger partial charge in [0.05, 0.1) is 13.2 Å². The highest BCUT2D eigenvalue weighted by Crippen LogP contribution is 2.15. The van der Waals surface area contributed by atoms with E-state index in [0.29, 0.717) is 12.8 Å². The first-order valence-corrected chi connectivity index (χ1v) is 20.4. The Morgan fingerprint density at radius 1 is 0.383 bits per heavy atom. The number of ether oxygens (including phenoxy) is 3. The van der Waals surface area contributed by atoms with Gasteiger partial charge in [0.15, 0.2) is 12.6 Å². The van der Waals surface area contributed by atoms with Crippen molar-refractivity contribution in [2.24, 2.45) is 0 Å². The van der Waals surface area contributed by atoms with Gasteiger partial charge in [-0.25, -0.2) is 0 Å². The highest BCUT2D eigenvalue weighted by Gasteiger charge is 2.13. The predicted octanol–water partition coefficient (Wildman–Crippen LogP) is 12.9. The van der Waals surface area contributed by atoms with Gasteiger partial charge in [0.1, 0.15) is 12.6 Å². The molecule has 0 aromatic carbocycles. The highest BCUT2D eigenvalue weighted by atomic mass is 16.8. The van der Waals surface area contributed by atoms with E-state index in [0.717, 1.165) is 64.3 Å². The number of hydrogen-bond acceptors (Lipinski definition) is 5. The Morgan fingerprint density at radius 3 is 1.02 bits per heavy atom. The molecule has 0 aliphatic heterocycles. The average Bonchev–Trinajstić information content (AvgIpc) is 3.08. The molecule has 0 aromatic rings. The lowest BCUT2D eigenvalue weighted by Gasteiger charge is -2.22. The van der Waals surface area contributed by atoms with E-state index in [-0.39, 0.29) is 12.6 Å². The zero-order chi connectivity index (χ0) is 34.1. The van der Waals surface area contributed by atoms with Crippen LogP contribution in [0.5, 0.6) is 0 Å². The van der Waals surface area contributed by atoms with Crippen molar-refractivity contribution in [2.75, 3.05) is 13.2 Å². The van der Waals surface area contributed by atoms with E-state index in [4.69, 9.17) is 14.2 Å². The van der Waals surface area contributed by atoms with E-state index in [9.17, 15) is 9.59 Å². The largest absolute Gasteiger partial charge is 0.349 e. The van der Waals surface area contributed by atoms with Crippen LogP contribution in [-0.2, 0) is 23.8 Å². The lowest BCUT2D eigenvalue weighted by atomic mass is 10.1. The van der Waals surface area contributed by atoms with Gasteiger partial charge in [-0.05, 0) is 63.5 Å². The topological polar surface area (TPSA) is 61.8 Å². The van der Waals surface area contributed by atoms with Crippen LogP contribution in [0.15, 0.2) is 24.3 Å². The molecule has 0 heterocycles. The number of carbonyl (C=O) groups is 2. The van der Waals surface area contributed by atoms with E-state index >= 15 is 0 Å². The Morgan fingerprint density at radius 2 is 0.681 bits per heavy atom. The molecule has 47 heavy (non-hydrogen) atoms. The zero-order valence-electron chi connectivity index (χ0n) is 31.3. The number of hydrogen-bond donors (Lipinski definition) is 0. The quantitative estimate of drug-likeness (QED) is 0.0283. The van der Waals surface area contributed by atoms with Crippen molar-refractivity contribution < 1.29 is 23.8 Å². The second-order valence-corrected chi connectivity index (χ2v) is 13.4. The Kier molecular flexibility index (Phi) is 39.7. The zero-order valence-corrected chi connectivity index (χ0v) is 31.3. The van der Waals surface area contributed by atoms with Gasteiger partial charge < -0.3 is 23.8 Å². The minimum atomic E-state index is -0.381. The number of rotatable bonds is 40. The lowest BCUT2D eigenvalue weighted by molar-refractivity contribution is -0.208. The molecule has 0 fully saturated rings. The van der Waals surface area contributed by atoms with Gasteiger partial charge in [0, 0.05) is 12.8 Å². The van der Waals surface area contributed by atoms with Gasteiger partial charge in [-0.3, -0.25) is 0 Å². The predicted molar refractivity (Wildman–Crippen MR) is 201 cm³/mol. The molecule has 0 bridgehead atoms. The van der Waals surface area contributed by atoms with Crippen LogP contribution in [0.3, 0.4) is 0 Å². The molecule has 5 nitrogen and oxygen atoms in total. The summed E-state index contributed by atoms with van der Waals surface area (Å²) in [5.41, 5.74) is 0. The Bertz CT molecular complexity index is 620. The van der Waals surface area contributed by atoms with Crippen LogP contribution in [0.4, 0.5) is 0 Å². The fraction of sp³-hybridized carbons (Fsp3) is 0.857. The first-order valence-electron chi connectivity index (χ1n) is 20.4. The maximum atomic E-state index is 10.4. The van der Waals surface area contributed by atoms with Crippen LogP contribution in [-0.4, -0.2) is 38.4 Å². The average molecular weight is 663 g/mol. The van der Waals surface area contributed by atoms with Crippen LogP contribution >= 0.6 is 0 Å². The fourth-order valence-electron chi connectivity index (χ4n) is 5.74. The molecule has 0 aliphatic carbocycles. The van der Waals surface area contributed by atoms with E-state index in [1.54, 1.807) is 0 Å². The Labute approximate surface area is 292 Å². The maximum Gasteiger partial charge on any atom is 0.180 e. The molecule has 0 saturated carbocycles. The third kappa shape index (κ3) is 37.4. The van der Waals surface area contributed by atoms with Crippen LogP contribution in [0, 0.1) is 0 Å². The van der Waals surface area contributed by atoms with Gasteiger partial charge >= 0.3 is 0 Å². The minimum Gasteiger partial charge on any atom is -0.349 e. The van der Waals surface area contributed by atoms with Crippen molar-refractivity contribution in [3.63, 3.8) is 0 Å². The van der Waals surface area contributed by atoms with Crippen LogP contribution in [0.25, 0.3) is 0 Å². The van der Waals surface area contributed by atoms with E-state index < -0.39 is 0 Å². The third-order valence-corrected chi connectivity index (χ3v) is 8.80. The van der Waals surface area contributed by atoms with Crippen molar-refractivity contribution in [3.05, 3.63) is 24.3 Å². The molecule has 0 N–H and O–H groups in total. The van der Waals surface area contributed by atoms with E-state index in [1.807, 2.05) is 0 Å². The monoisotopic (exact) mass is 663 g/mol. The third-order valence-electron chi connectivity index (χ3n) is 8.80. The van der Waals surface area contributed by atoms with Gasteiger partial charge in [-0.1, -0.05) is 154 Å². The smallest absolute Gasteiger partial charge is 0.180 e. The second kappa shape index (κ2) is 40.9. The van der Waals surface area contributed by atoms with E-state index in [2.05, 4.69) is 38.2 Å². The Hall–Kier alpha value is -1.30. The second-order valence-electron chi connectivity index (χ2n) is 13.4. The molecule has 0 aliphatic rings. The van der Waals surface area contributed by atoms with Crippen molar-refractivity contribution in [1.82, 2.24) is 0 Å². The summed E-state index contributed by atoms with van der Waals surface area (Å²) in [6.07, 6.45) is 45.4. The lowest BCUT2D eigenvalue weighted by Crippen LogP contribution is -2.25. The van der Waals surface area contributed by atoms with Gasteiger partial charge in [0.25, 0.3) is 0 Å². The van der Waals surface area contributed by atoms with Crippen LogP contribution in [0.2, 0.25) is 0 Å². The summed E-state index contributed by atoms with van der Waals surface area (Å²) < 4.78 is 19.0. The maximum absolute atomic E-state index is 10.4. The summed E-state index contributed by atoms with van der Waals surface area (Å²) >= 11 is 0. The summed E-state index contributed by atoms with van der Waals surface area (Å²) in [5.74, 6) is 0. The molecule has 0 amide bonds. The molecule has 5 heteroatoms. The molecule has 0 radical (unpaired) electrons. The summed E-state index contributed by atoms with van der Waals surface area (Å²) in [7, 11) is 0. The molecular formula is C42H78O5. The van der Waals surface area contributed by atoms with Crippen LogP contribution in [0.1, 0.15) is 206 Å². The van der Waals surface area contributed by atoms with Gasteiger partial charge in [-0.15, -0.1) is 0 Å². The number of aldehydes is 2. The Balaban J connectivity index is 4.74. The van der Waals surface area contributed by atoms with E-state index in [1.165, 1.54) is 141 Å². The summed E-state index contributed by atoms with van der Waals surface area (Å²) in [6, 6.07) is 0. The van der Waals surface area contributed by atoms with Gasteiger partial charge in [0.2, 0.25) is 0 Å². The molecule has 2 atom stereocenters. The molecule has 0 aromatic heterocycles. The number of unbranched alkanes of at least 4 members (excludes halogenated alkanes) is 26. The van der Waals surface area contributed by atoms with Crippen LogP contribution < -0.4 is 0 Å². The van der Waals surface area contributed by atoms with Gasteiger partial charge in [-0.2, -0.15) is 0 Å². The molecule has 0 spiro atoms. The first kappa shape index (κ1) is 45.7. The molecule has 276 valence electrons. The molecule has 2 unspecified atom stereocenters. The van der Waals surface area contributed by atoms with Crippen molar-refractivity contribution >= 4 is 12.6 Å². The number of carbonyl (C=O) groups excluding carboxylic acids is 2. The SMILES string of the molecule is CCCCCCCOC(C=CCCCCCCCCCCC=O)OC(C=CCCCCCCCCCCC=O)OCCCCCCC. The van der Waals surface area contributed by atoms with Crippen molar-refractivity contribution in [1.29, 1.82) is 0 Å². The van der Waals surface area contributed by atoms with Crippen molar-refractivity contribution in [2.45, 2.75) is 219 Å². The molecular weight excluding hydrogens is 584 g/mol. The molecule has 0 rings (SSSR count). The van der Waals surface area contributed by atoms with Crippen molar-refractivity contribution in [3.8, 4) is 0 Å². The normalized spacial score (nSPS) is 13.1. The summed E-state index contributed by atoms with van der Waals surface area (Å²) in [4.78, 5) is 20.9. The summed E-state index contributed by atoms with van der Waals surface area (Å²) in [5, 5.41) is 0. The molecule has 0 saturated heterocycles. The summed E-state index contributed by atoms with van der Waals surface area (Å²) in [6.45, 7) is 5.94. The standard InChI is InChI=1S/C42H78O5/c1-3-5-7-27-33-39-45-41(35-29-23-19-15-11-9-13-17-21-25-31-37-43)47-42(46-40-34-28-8-6-4-2)36-30-24-20-16-12-10-14-18-22-26-32-38-44/h29-30,35-38,41-42H,3-28,31-34,39-40H2,1-2H3. The fourth-order valence-corrected chi connectivity index (χ4v) is 5.74. The minimum absolute atomic E-state index is 0.381.